The highest BCUT2D eigenvalue weighted by atomic mass is 16.5. The van der Waals surface area contributed by atoms with Crippen LogP contribution < -0.4 is 10.5 Å². The van der Waals surface area contributed by atoms with Gasteiger partial charge in [0.25, 0.3) is 5.91 Å². The van der Waals surface area contributed by atoms with Crippen LogP contribution in [0.25, 0.3) is 0 Å². The van der Waals surface area contributed by atoms with Crippen molar-refractivity contribution >= 4 is 5.91 Å². The van der Waals surface area contributed by atoms with Gasteiger partial charge in [-0.25, -0.2) is 0 Å². The summed E-state index contributed by atoms with van der Waals surface area (Å²) in [5.41, 5.74) is 4.97. The van der Waals surface area contributed by atoms with Gasteiger partial charge in [-0.2, -0.15) is 0 Å². The first-order chi connectivity index (χ1) is 6.24. The van der Waals surface area contributed by atoms with Gasteiger partial charge in [0.2, 0.25) is 0 Å². The van der Waals surface area contributed by atoms with Crippen LogP contribution in [0, 0.1) is 0 Å². The van der Waals surface area contributed by atoms with E-state index in [4.69, 9.17) is 15.6 Å². The number of para-hydroxylation sites is 1. The highest BCUT2D eigenvalue weighted by molar-refractivity contribution is 5.79. The highest BCUT2D eigenvalue weighted by Crippen LogP contribution is 2.10. The van der Waals surface area contributed by atoms with Crippen molar-refractivity contribution in [2.24, 2.45) is 5.73 Å². The van der Waals surface area contributed by atoms with Gasteiger partial charge in [-0.05, 0) is 12.1 Å². The number of carbonyl (C=O) groups is 1. The molecule has 0 spiro atoms. The van der Waals surface area contributed by atoms with Gasteiger partial charge in [0.05, 0.1) is 6.61 Å². The van der Waals surface area contributed by atoms with Gasteiger partial charge in [0, 0.05) is 0 Å². The Morgan fingerprint density at radius 3 is 2.54 bits per heavy atom. The molecule has 0 heterocycles. The number of rotatable bonds is 4. The monoisotopic (exact) mass is 181 g/mol. The van der Waals surface area contributed by atoms with Gasteiger partial charge in [0.15, 0.2) is 6.10 Å². The lowest BCUT2D eigenvalue weighted by molar-refractivity contribution is -0.126. The Bertz CT molecular complexity index is 273. The third-order valence-electron chi connectivity index (χ3n) is 1.50. The van der Waals surface area contributed by atoms with Gasteiger partial charge < -0.3 is 15.6 Å². The predicted molar refractivity (Wildman–Crippen MR) is 47.1 cm³/mol. The number of nitrogens with two attached hydrogens (primary N) is 1. The highest BCUT2D eigenvalue weighted by Gasteiger charge is 2.14. The molecule has 1 unspecified atom stereocenters. The Labute approximate surface area is 75.9 Å². The largest absolute Gasteiger partial charge is 0.478 e. The third kappa shape index (κ3) is 2.76. The number of hydrogen-bond donors (Lipinski definition) is 2. The number of primary amides is 1. The second-order valence-electron chi connectivity index (χ2n) is 2.50. The average Bonchev–Trinajstić information content (AvgIpc) is 2.15. The van der Waals surface area contributed by atoms with E-state index in [0.29, 0.717) is 5.75 Å². The molecular weight excluding hydrogens is 170 g/mol. The Hall–Kier alpha value is -1.55. The van der Waals surface area contributed by atoms with Crippen molar-refractivity contribution in [3.05, 3.63) is 30.3 Å². The van der Waals surface area contributed by atoms with E-state index in [9.17, 15) is 4.79 Å². The van der Waals surface area contributed by atoms with E-state index in [0.717, 1.165) is 0 Å². The minimum Gasteiger partial charge on any atom is -0.478 e. The van der Waals surface area contributed by atoms with Crippen LogP contribution in [-0.2, 0) is 4.79 Å². The molecule has 1 aromatic carbocycles. The molecule has 1 amide bonds. The zero-order valence-corrected chi connectivity index (χ0v) is 7.01. The van der Waals surface area contributed by atoms with Crippen LogP contribution in [0.1, 0.15) is 0 Å². The zero-order valence-electron chi connectivity index (χ0n) is 7.01. The molecule has 0 radical (unpaired) electrons. The molecule has 1 rings (SSSR count). The van der Waals surface area contributed by atoms with Crippen molar-refractivity contribution < 1.29 is 14.6 Å². The molecular formula is C9H11NO3. The predicted octanol–water partition coefficient (Wildman–Crippen LogP) is -0.0884. The summed E-state index contributed by atoms with van der Waals surface area (Å²) in [5.74, 6) is -0.160. The van der Waals surface area contributed by atoms with Crippen LogP contribution in [0.15, 0.2) is 30.3 Å². The lowest BCUT2D eigenvalue weighted by Gasteiger charge is -2.12. The summed E-state index contributed by atoms with van der Waals surface area (Å²) in [6.07, 6.45) is -0.970. The van der Waals surface area contributed by atoms with Gasteiger partial charge in [-0.3, -0.25) is 4.79 Å². The van der Waals surface area contributed by atoms with Crippen molar-refractivity contribution in [2.75, 3.05) is 6.61 Å². The number of amides is 1. The van der Waals surface area contributed by atoms with Crippen molar-refractivity contribution in [1.82, 2.24) is 0 Å². The topological polar surface area (TPSA) is 72.6 Å². The molecule has 1 atom stereocenters. The molecule has 0 fully saturated rings. The van der Waals surface area contributed by atoms with E-state index in [1.807, 2.05) is 6.07 Å². The van der Waals surface area contributed by atoms with E-state index < -0.39 is 18.6 Å². The maximum atomic E-state index is 10.7. The first-order valence-corrected chi connectivity index (χ1v) is 3.86. The van der Waals surface area contributed by atoms with Crippen LogP contribution in [0.4, 0.5) is 0 Å². The lowest BCUT2D eigenvalue weighted by atomic mass is 10.3. The molecule has 0 saturated carbocycles. The van der Waals surface area contributed by atoms with Gasteiger partial charge in [-0.1, -0.05) is 18.2 Å². The molecule has 4 nitrogen and oxygen atoms in total. The molecule has 0 aromatic heterocycles. The number of ether oxygens (including phenoxy) is 1. The number of aliphatic hydroxyl groups excluding tert-OH is 1. The third-order valence-corrected chi connectivity index (χ3v) is 1.50. The smallest absolute Gasteiger partial charge is 0.260 e. The molecule has 0 bridgehead atoms. The second kappa shape index (κ2) is 4.47. The fraction of sp³-hybridized carbons (Fsp3) is 0.222. The minimum absolute atomic E-state index is 0.412. The number of hydrogen-bond acceptors (Lipinski definition) is 3. The lowest BCUT2D eigenvalue weighted by Crippen LogP contribution is -2.36. The molecule has 1 aromatic rings. The number of aliphatic hydroxyl groups is 1. The van der Waals surface area contributed by atoms with Gasteiger partial charge in [-0.15, -0.1) is 0 Å². The van der Waals surface area contributed by atoms with E-state index in [2.05, 4.69) is 0 Å². The van der Waals surface area contributed by atoms with Crippen LogP contribution in [0.5, 0.6) is 5.75 Å². The summed E-state index contributed by atoms with van der Waals surface area (Å²) in [7, 11) is 0. The van der Waals surface area contributed by atoms with Crippen LogP contribution >= 0.6 is 0 Å². The molecule has 0 saturated heterocycles. The van der Waals surface area contributed by atoms with Crippen LogP contribution in [0.3, 0.4) is 0 Å². The van der Waals surface area contributed by atoms with Crippen molar-refractivity contribution in [2.45, 2.75) is 6.10 Å². The number of benzene rings is 1. The Kier molecular flexibility index (Phi) is 3.28. The SMILES string of the molecule is NC(=O)C(CO)Oc1ccccc1. The summed E-state index contributed by atoms with van der Waals surface area (Å²) >= 11 is 0. The maximum Gasteiger partial charge on any atom is 0.260 e. The summed E-state index contributed by atoms with van der Waals surface area (Å²) in [5, 5.41) is 8.73. The molecule has 13 heavy (non-hydrogen) atoms. The summed E-state index contributed by atoms with van der Waals surface area (Å²) in [6, 6.07) is 8.73. The quantitative estimate of drug-likeness (QED) is 0.682. The molecule has 70 valence electrons. The normalized spacial score (nSPS) is 12.1. The average molecular weight is 181 g/mol. The van der Waals surface area contributed by atoms with E-state index >= 15 is 0 Å². The second-order valence-corrected chi connectivity index (χ2v) is 2.50. The molecule has 0 aliphatic heterocycles. The Morgan fingerprint density at radius 1 is 1.46 bits per heavy atom. The van der Waals surface area contributed by atoms with Crippen LogP contribution in [-0.4, -0.2) is 23.7 Å². The van der Waals surface area contributed by atoms with Gasteiger partial charge >= 0.3 is 0 Å². The van der Waals surface area contributed by atoms with Crippen molar-refractivity contribution in [3.8, 4) is 5.75 Å². The minimum atomic E-state index is -0.970. The summed E-state index contributed by atoms with van der Waals surface area (Å²) in [4.78, 5) is 10.7. The van der Waals surface area contributed by atoms with Crippen LogP contribution in [0.2, 0.25) is 0 Å². The maximum absolute atomic E-state index is 10.7. The first-order valence-electron chi connectivity index (χ1n) is 3.86. The van der Waals surface area contributed by atoms with Crippen molar-refractivity contribution in [3.63, 3.8) is 0 Å². The first kappa shape index (κ1) is 9.54. The molecule has 3 N–H and O–H groups in total. The molecule has 0 aliphatic rings. The van der Waals surface area contributed by atoms with E-state index in [1.54, 1.807) is 24.3 Å². The Balaban J connectivity index is 2.62. The molecule has 0 aliphatic carbocycles. The van der Waals surface area contributed by atoms with E-state index in [-0.39, 0.29) is 0 Å². The zero-order chi connectivity index (χ0) is 9.68. The standard InChI is InChI=1S/C9H11NO3/c10-9(12)8(6-11)13-7-4-2-1-3-5-7/h1-5,8,11H,6H2,(H2,10,12). The van der Waals surface area contributed by atoms with Crippen molar-refractivity contribution in [1.29, 1.82) is 0 Å². The fourth-order valence-electron chi connectivity index (χ4n) is 0.849. The number of carbonyl (C=O) groups excluding carboxylic acids is 1. The van der Waals surface area contributed by atoms with E-state index in [1.165, 1.54) is 0 Å². The summed E-state index contributed by atoms with van der Waals surface area (Å²) < 4.78 is 5.10. The Morgan fingerprint density at radius 2 is 2.08 bits per heavy atom. The van der Waals surface area contributed by atoms with Gasteiger partial charge in [0.1, 0.15) is 5.75 Å². The fourth-order valence-corrected chi connectivity index (χ4v) is 0.849. The summed E-state index contributed by atoms with van der Waals surface area (Å²) in [6.45, 7) is -0.412. The molecule has 4 heteroatoms.